The summed E-state index contributed by atoms with van der Waals surface area (Å²) in [5.41, 5.74) is 0.948. The van der Waals surface area contributed by atoms with E-state index in [4.69, 9.17) is 16.3 Å². The van der Waals surface area contributed by atoms with Gasteiger partial charge in [-0.2, -0.15) is 5.10 Å². The lowest BCUT2D eigenvalue weighted by Gasteiger charge is -2.11. The highest BCUT2D eigenvalue weighted by Crippen LogP contribution is 2.25. The standard InChI is InChI=1S/C15H15ClFN3O3/c1-8(16)14(21)18-13-12(15(22)23-3)9(2)19-20(13)11-6-4-10(17)5-7-11/h4-8H,1-3H3,(H,18,21). The van der Waals surface area contributed by atoms with E-state index in [0.717, 1.165) is 0 Å². The molecule has 0 saturated heterocycles. The number of amides is 1. The summed E-state index contributed by atoms with van der Waals surface area (Å²) in [5.74, 6) is -1.43. The highest BCUT2D eigenvalue weighted by Gasteiger charge is 2.25. The second-order valence-corrected chi connectivity index (χ2v) is 5.45. The van der Waals surface area contributed by atoms with E-state index in [1.165, 1.54) is 43.0 Å². The van der Waals surface area contributed by atoms with Gasteiger partial charge in [0.15, 0.2) is 5.82 Å². The van der Waals surface area contributed by atoms with E-state index in [9.17, 15) is 14.0 Å². The van der Waals surface area contributed by atoms with Crippen LogP contribution in [0.4, 0.5) is 10.2 Å². The summed E-state index contributed by atoms with van der Waals surface area (Å²) >= 11 is 5.76. The summed E-state index contributed by atoms with van der Waals surface area (Å²) in [7, 11) is 1.23. The maximum atomic E-state index is 13.1. The number of carbonyl (C=O) groups excluding carboxylic acids is 2. The van der Waals surface area contributed by atoms with Crippen molar-refractivity contribution in [1.82, 2.24) is 9.78 Å². The third kappa shape index (κ3) is 3.50. The molecule has 2 rings (SSSR count). The van der Waals surface area contributed by atoms with Crippen molar-refractivity contribution in [3.63, 3.8) is 0 Å². The number of carbonyl (C=O) groups is 2. The maximum absolute atomic E-state index is 13.1. The third-order valence-corrected chi connectivity index (χ3v) is 3.32. The SMILES string of the molecule is COC(=O)c1c(C)nn(-c2ccc(F)cc2)c1NC(=O)C(C)Cl. The molecule has 0 aliphatic rings. The van der Waals surface area contributed by atoms with Crippen molar-refractivity contribution in [2.24, 2.45) is 0 Å². The summed E-state index contributed by atoms with van der Waals surface area (Å²) in [5, 5.41) is 5.98. The Labute approximate surface area is 137 Å². The number of rotatable bonds is 4. The van der Waals surface area contributed by atoms with Crippen LogP contribution in [0, 0.1) is 12.7 Å². The van der Waals surface area contributed by atoms with Crippen LogP contribution in [0.3, 0.4) is 0 Å². The zero-order valence-corrected chi connectivity index (χ0v) is 13.5. The lowest BCUT2D eigenvalue weighted by Crippen LogP contribution is -2.23. The van der Waals surface area contributed by atoms with E-state index in [1.807, 2.05) is 0 Å². The minimum atomic E-state index is -0.808. The van der Waals surface area contributed by atoms with Gasteiger partial charge >= 0.3 is 5.97 Å². The Morgan fingerprint density at radius 1 is 1.35 bits per heavy atom. The fourth-order valence-electron chi connectivity index (χ4n) is 1.97. The van der Waals surface area contributed by atoms with Crippen LogP contribution in [-0.4, -0.2) is 34.1 Å². The molecule has 23 heavy (non-hydrogen) atoms. The lowest BCUT2D eigenvalue weighted by molar-refractivity contribution is -0.115. The monoisotopic (exact) mass is 339 g/mol. The van der Waals surface area contributed by atoms with Crippen LogP contribution in [-0.2, 0) is 9.53 Å². The average Bonchev–Trinajstić information content (AvgIpc) is 2.83. The zero-order chi connectivity index (χ0) is 17.1. The number of esters is 1. The van der Waals surface area contributed by atoms with E-state index >= 15 is 0 Å². The predicted molar refractivity (Wildman–Crippen MR) is 83.5 cm³/mol. The van der Waals surface area contributed by atoms with E-state index in [1.54, 1.807) is 6.92 Å². The normalized spacial score (nSPS) is 11.9. The molecule has 0 aliphatic carbocycles. The minimum Gasteiger partial charge on any atom is -0.465 e. The summed E-state index contributed by atoms with van der Waals surface area (Å²) in [6.45, 7) is 3.10. The van der Waals surface area contributed by atoms with Crippen LogP contribution < -0.4 is 5.32 Å². The van der Waals surface area contributed by atoms with Gasteiger partial charge in [0.05, 0.1) is 18.5 Å². The molecule has 0 spiro atoms. The van der Waals surface area contributed by atoms with Gasteiger partial charge in [0, 0.05) is 0 Å². The number of hydrogen-bond acceptors (Lipinski definition) is 4. The van der Waals surface area contributed by atoms with Gasteiger partial charge < -0.3 is 10.1 Å². The number of anilines is 1. The lowest BCUT2D eigenvalue weighted by atomic mass is 10.2. The minimum absolute atomic E-state index is 0.113. The number of ether oxygens (including phenoxy) is 1. The van der Waals surface area contributed by atoms with Crippen LogP contribution in [0.5, 0.6) is 0 Å². The molecule has 0 radical (unpaired) electrons. The summed E-state index contributed by atoms with van der Waals surface area (Å²) < 4.78 is 19.2. The van der Waals surface area contributed by atoms with Crippen molar-refractivity contribution in [3.8, 4) is 5.69 Å². The van der Waals surface area contributed by atoms with Crippen molar-refractivity contribution < 1.29 is 18.7 Å². The smallest absolute Gasteiger partial charge is 0.343 e. The molecular weight excluding hydrogens is 325 g/mol. The molecule has 1 heterocycles. The number of methoxy groups -OCH3 is 1. The Hall–Kier alpha value is -2.41. The molecule has 1 atom stereocenters. The maximum Gasteiger partial charge on any atom is 0.343 e. The van der Waals surface area contributed by atoms with Crippen molar-refractivity contribution >= 4 is 29.3 Å². The van der Waals surface area contributed by atoms with Crippen LogP contribution in [0.15, 0.2) is 24.3 Å². The highest BCUT2D eigenvalue weighted by atomic mass is 35.5. The number of halogens is 2. The largest absolute Gasteiger partial charge is 0.465 e. The number of alkyl halides is 1. The molecule has 1 aromatic heterocycles. The molecule has 122 valence electrons. The Kier molecular flexibility index (Phi) is 5.00. The van der Waals surface area contributed by atoms with Gasteiger partial charge in [0.2, 0.25) is 5.91 Å². The summed E-state index contributed by atoms with van der Waals surface area (Å²) in [6, 6.07) is 5.45. The van der Waals surface area contributed by atoms with Crippen molar-refractivity contribution in [3.05, 3.63) is 41.3 Å². The van der Waals surface area contributed by atoms with Gasteiger partial charge in [0.25, 0.3) is 0 Å². The number of nitrogens with one attached hydrogen (secondary N) is 1. The number of benzene rings is 1. The van der Waals surface area contributed by atoms with Crippen LogP contribution in [0.25, 0.3) is 5.69 Å². The second-order valence-electron chi connectivity index (χ2n) is 4.79. The molecule has 6 nitrogen and oxygen atoms in total. The molecule has 0 fully saturated rings. The first-order chi connectivity index (χ1) is 10.8. The van der Waals surface area contributed by atoms with Crippen molar-refractivity contribution in [2.75, 3.05) is 12.4 Å². The van der Waals surface area contributed by atoms with Gasteiger partial charge in [-0.1, -0.05) is 0 Å². The molecule has 0 bridgehead atoms. The first-order valence-corrected chi connectivity index (χ1v) is 7.17. The number of aryl methyl sites for hydroxylation is 1. The molecule has 0 saturated carbocycles. The molecule has 2 aromatic rings. The van der Waals surface area contributed by atoms with Crippen LogP contribution in [0.2, 0.25) is 0 Å². The van der Waals surface area contributed by atoms with Crippen molar-refractivity contribution in [1.29, 1.82) is 0 Å². The predicted octanol–water partition coefficient (Wildman–Crippen LogP) is 2.67. The molecule has 1 amide bonds. The Bertz CT molecular complexity index is 741. The highest BCUT2D eigenvalue weighted by molar-refractivity contribution is 6.32. The molecule has 1 unspecified atom stereocenters. The van der Waals surface area contributed by atoms with Gasteiger partial charge in [-0.3, -0.25) is 4.79 Å². The van der Waals surface area contributed by atoms with Gasteiger partial charge in [-0.15, -0.1) is 11.6 Å². The Balaban J connectivity index is 2.59. The Morgan fingerprint density at radius 2 is 1.96 bits per heavy atom. The number of nitrogens with zero attached hydrogens (tertiary/aromatic N) is 2. The van der Waals surface area contributed by atoms with E-state index in [-0.39, 0.29) is 11.4 Å². The Morgan fingerprint density at radius 3 is 2.48 bits per heavy atom. The fourth-order valence-corrected chi connectivity index (χ4v) is 2.03. The first kappa shape index (κ1) is 17.0. The van der Waals surface area contributed by atoms with Crippen molar-refractivity contribution in [2.45, 2.75) is 19.2 Å². The van der Waals surface area contributed by atoms with Gasteiger partial charge in [-0.05, 0) is 38.1 Å². The first-order valence-electron chi connectivity index (χ1n) is 6.74. The number of hydrogen-bond donors (Lipinski definition) is 1. The average molecular weight is 340 g/mol. The van der Waals surface area contributed by atoms with Crippen LogP contribution in [0.1, 0.15) is 23.0 Å². The molecule has 0 aliphatic heterocycles. The van der Waals surface area contributed by atoms with Crippen LogP contribution >= 0.6 is 11.6 Å². The van der Waals surface area contributed by atoms with Gasteiger partial charge in [-0.25, -0.2) is 13.9 Å². The van der Waals surface area contributed by atoms with E-state index in [2.05, 4.69) is 10.4 Å². The zero-order valence-electron chi connectivity index (χ0n) is 12.8. The molecule has 1 aromatic carbocycles. The number of aromatic nitrogens is 2. The quantitative estimate of drug-likeness (QED) is 0.686. The molecular formula is C15H15ClFN3O3. The van der Waals surface area contributed by atoms with E-state index in [0.29, 0.717) is 11.4 Å². The topological polar surface area (TPSA) is 73.2 Å². The third-order valence-electron chi connectivity index (χ3n) is 3.12. The summed E-state index contributed by atoms with van der Waals surface area (Å²) in [6.07, 6.45) is 0. The fraction of sp³-hybridized carbons (Fsp3) is 0.267. The molecule has 8 heteroatoms. The summed E-state index contributed by atoms with van der Waals surface area (Å²) in [4.78, 5) is 23.9. The second kappa shape index (κ2) is 6.78. The molecule has 1 N–H and O–H groups in total. The van der Waals surface area contributed by atoms with E-state index < -0.39 is 23.1 Å². The van der Waals surface area contributed by atoms with Gasteiger partial charge in [0.1, 0.15) is 16.8 Å².